The number of pyridine rings is 3. The minimum absolute atomic E-state index is 0. The first-order chi connectivity index (χ1) is 53.6. The average molecular weight is 1740 g/mol. The number of nitrogens with zero attached hydrogens (tertiary/aromatic N) is 6. The number of hydrogen-bond acceptors (Lipinski definition) is 16. The number of benzene rings is 6. The van der Waals surface area contributed by atoms with E-state index in [1.165, 1.54) is 128 Å². The predicted molar refractivity (Wildman–Crippen MR) is 472 cm³/mol. The van der Waals surface area contributed by atoms with Crippen molar-refractivity contribution in [2.24, 2.45) is 17.6 Å². The van der Waals surface area contributed by atoms with Gasteiger partial charge in [-0.2, -0.15) is 40.5 Å². The zero-order valence-corrected chi connectivity index (χ0v) is 72.5. The van der Waals surface area contributed by atoms with E-state index >= 15 is 0 Å². The second-order valence-corrected chi connectivity index (χ2v) is 31.7. The molecule has 3 aromatic heterocycles. The van der Waals surface area contributed by atoms with Crippen molar-refractivity contribution in [3.63, 3.8) is 0 Å². The Kier molecular flexibility index (Phi) is 37.3. The van der Waals surface area contributed by atoms with Crippen molar-refractivity contribution in [1.82, 2.24) is 15.0 Å². The van der Waals surface area contributed by atoms with Crippen LogP contribution in [0.5, 0.6) is 0 Å². The number of ketones is 2. The molecule has 15 rings (SSSR count). The normalized spacial score (nSPS) is 15.2. The number of aliphatic carboxylic acids is 1. The van der Waals surface area contributed by atoms with E-state index < -0.39 is 35.8 Å². The third-order valence-electron chi connectivity index (χ3n) is 21.7. The molecule has 0 unspecified atom stereocenters. The molecular formula is C88H96Cl6LiN7O11S3. The zero-order valence-electron chi connectivity index (χ0n) is 65.0. The fourth-order valence-corrected chi connectivity index (χ4v) is 17.0. The second kappa shape index (κ2) is 45.2. The quantitative estimate of drug-likeness (QED) is 0.0323. The van der Waals surface area contributed by atoms with Gasteiger partial charge in [-0.25, -0.2) is 4.79 Å². The Morgan fingerprint density at radius 2 is 0.690 bits per heavy atom. The van der Waals surface area contributed by atoms with Crippen molar-refractivity contribution < 1.29 is 72.8 Å². The van der Waals surface area contributed by atoms with E-state index in [2.05, 4.69) is 80.1 Å². The van der Waals surface area contributed by atoms with Crippen LogP contribution in [0.15, 0.2) is 164 Å². The van der Waals surface area contributed by atoms with Gasteiger partial charge in [-0.15, -0.1) is 0 Å². The molecule has 3 fully saturated rings. The molecule has 610 valence electrons. The molecule has 0 amide bonds. The Morgan fingerprint density at radius 3 is 0.983 bits per heavy atom. The smallest absolute Gasteiger partial charge is 0.870 e. The number of aromatic nitrogens is 3. The number of esters is 2. The molecule has 9 aromatic rings. The molecule has 0 spiro atoms. The van der Waals surface area contributed by atoms with Crippen molar-refractivity contribution >= 4 is 163 Å². The molecule has 3 aliphatic heterocycles. The summed E-state index contributed by atoms with van der Waals surface area (Å²) in [6.45, 7) is 5.76. The van der Waals surface area contributed by atoms with Gasteiger partial charge >= 0.3 is 42.7 Å². The number of aryl methyl sites for hydroxylation is 6. The number of ether oxygens (including phenoxy) is 2. The van der Waals surface area contributed by atoms with Crippen LogP contribution in [0.4, 0.5) is 17.1 Å². The minimum atomic E-state index is -1.11. The van der Waals surface area contributed by atoms with Gasteiger partial charge in [0.15, 0.2) is 11.6 Å². The molecule has 0 saturated carbocycles. The number of anilines is 3. The fourth-order valence-electron chi connectivity index (χ4n) is 15.2. The summed E-state index contributed by atoms with van der Waals surface area (Å²) in [6, 6.07) is 51.6. The Hall–Kier alpha value is -7.30. The minimum Gasteiger partial charge on any atom is -0.870 e. The van der Waals surface area contributed by atoms with Crippen molar-refractivity contribution in [3.05, 3.63) is 278 Å². The molecule has 3 atom stereocenters. The number of rotatable bonds is 22. The van der Waals surface area contributed by atoms with Crippen LogP contribution in [0.1, 0.15) is 168 Å². The van der Waals surface area contributed by atoms with Crippen molar-refractivity contribution in [2.75, 3.05) is 68.2 Å². The maximum atomic E-state index is 12.9. The first kappa shape index (κ1) is 95.8. The van der Waals surface area contributed by atoms with E-state index in [0.717, 1.165) is 99.4 Å². The van der Waals surface area contributed by atoms with Crippen LogP contribution in [-0.4, -0.2) is 126 Å². The van der Waals surface area contributed by atoms with Gasteiger partial charge in [-0.3, -0.25) is 38.9 Å². The van der Waals surface area contributed by atoms with Crippen LogP contribution in [0, 0.1) is 11.8 Å². The Morgan fingerprint density at radius 1 is 0.405 bits per heavy atom. The number of fused-ring (bicyclic) bond motifs is 3. The third-order valence-corrected chi connectivity index (χ3v) is 23.6. The fraction of sp³-hybridized carbons (Fsp3) is 0.352. The number of Topliss-reactive ketones (excluding diaryl/α,β-unsaturated/α-hetero) is 2. The summed E-state index contributed by atoms with van der Waals surface area (Å²) in [7, 11) is 2.70. The predicted octanol–water partition coefficient (Wildman–Crippen LogP) is 15.3. The Bertz CT molecular complexity index is 4810. The van der Waals surface area contributed by atoms with E-state index in [9.17, 15) is 33.9 Å². The first-order valence-corrected chi connectivity index (χ1v) is 40.1. The summed E-state index contributed by atoms with van der Waals surface area (Å²) in [5.74, 6) is -3.63. The van der Waals surface area contributed by atoms with Gasteiger partial charge in [0, 0.05) is 121 Å². The molecule has 6 aliphatic rings. The van der Waals surface area contributed by atoms with E-state index in [0.29, 0.717) is 30.6 Å². The van der Waals surface area contributed by atoms with E-state index in [-0.39, 0.29) is 148 Å². The van der Waals surface area contributed by atoms with Gasteiger partial charge in [0.2, 0.25) is 0 Å². The summed E-state index contributed by atoms with van der Waals surface area (Å²) in [5, 5.41) is 19.7. The molecular weight excluding hydrogens is 1650 g/mol. The topological polar surface area (TPSA) is 266 Å². The van der Waals surface area contributed by atoms with Gasteiger partial charge in [0.25, 0.3) is 0 Å². The SMILES string of the molecule is COC(=O)[C@@H](CC(=O)c1c(Cl)cccc1Cl)Cc1ccc(N2CC(c3ccc4c(n3)CCCC4)C2)cc1.COC(=O)[C@@H](N)Cc1ccc(N2CC(c3ccc4c(n3)CCCC4)C2)cc1.O=C(C[C@@H](Cc1ccc(N2CC(c3ccc4c(n3)CCCC4)C2)cc1)C(=O)O)c1c(Cl)cccc1Cl.O=C(O)c1c(Cl)cccc1Cl.S.S.S.[Li+].[OH-]. The van der Waals surface area contributed by atoms with Crippen LogP contribution in [-0.2, 0) is 81.6 Å². The van der Waals surface area contributed by atoms with Crippen LogP contribution >= 0.6 is 110 Å². The van der Waals surface area contributed by atoms with Crippen molar-refractivity contribution in [3.8, 4) is 0 Å². The zero-order chi connectivity index (χ0) is 78.4. The second-order valence-electron chi connectivity index (χ2n) is 29.3. The standard InChI is InChI=1S/C30H30Cl2N2O3.C29H28Cl2N2O3.C22H27N3O2.C7H4Cl2O2.Li.H2O.3H2S/c1-37-30(36)21(16-28(35)29-24(31)6-4-7-25(29)32)15-19-9-12-23(13-10-19)34-17-22(18-34)27-14-11-20-5-2-3-8-26(20)33-27;30-23-5-3-6-24(31)28(23)27(34)15-20(29(35)36)14-18-8-11-22(12-9-18)33-16-21(17-33)26-13-10-19-4-1-2-7-25(19)32-26;1-27-22(26)19(23)12-15-6-9-18(10-7-15)25-13-17(14-25)21-11-8-16-4-2-3-5-20(16)24-21;8-4-2-1-3-5(9)6(4)7(10)11;;;;;/h4,6-7,9-14,21-22H,2-3,5,8,15-18H2,1H3;3,5-6,8-13,20-21H,1-2,4,7,14-17H2,(H,35,36);6-11,17,19H,2-5,12-14,23H2,1H3;1-3H,(H,10,11);;4*1H2/q;;;;+1;;;;/p-1/t21-;20-;19-;;;;;;/m110....../s1. The van der Waals surface area contributed by atoms with Gasteiger partial charge in [-0.1, -0.05) is 142 Å². The van der Waals surface area contributed by atoms with Gasteiger partial charge in [0.05, 0.1) is 72.9 Å². The summed E-state index contributed by atoms with van der Waals surface area (Å²) in [5.41, 5.74) is 24.4. The van der Waals surface area contributed by atoms with E-state index in [1.807, 2.05) is 48.5 Å². The summed E-state index contributed by atoms with van der Waals surface area (Å²) in [4.78, 5) is 93.9. The number of nitrogens with two attached hydrogens (primary N) is 1. The number of carbonyl (C=O) groups is 6. The number of carboxylic acids is 2. The van der Waals surface area contributed by atoms with Crippen molar-refractivity contribution in [1.29, 1.82) is 0 Å². The summed E-state index contributed by atoms with van der Waals surface area (Å²) in [6.07, 6.45) is 15.3. The number of aromatic carboxylic acids is 1. The molecule has 6 heterocycles. The molecule has 28 heteroatoms. The van der Waals surface area contributed by atoms with Crippen LogP contribution in [0.25, 0.3) is 0 Å². The number of carboxylic acid groups (broad SMARTS) is 2. The Labute approximate surface area is 741 Å². The molecule has 116 heavy (non-hydrogen) atoms. The van der Waals surface area contributed by atoms with Crippen LogP contribution < -0.4 is 39.3 Å². The third kappa shape index (κ3) is 24.5. The van der Waals surface area contributed by atoms with Crippen LogP contribution in [0.2, 0.25) is 30.1 Å². The number of carbonyl (C=O) groups excluding carboxylic acids is 4. The van der Waals surface area contributed by atoms with Gasteiger partial charge < -0.3 is 45.6 Å². The average Bonchev–Trinajstić information content (AvgIpc) is 0.794. The van der Waals surface area contributed by atoms with Gasteiger partial charge in [-0.05, 0) is 221 Å². The van der Waals surface area contributed by atoms with Crippen molar-refractivity contribution in [2.45, 2.75) is 133 Å². The number of methoxy groups -OCH3 is 2. The first-order valence-electron chi connectivity index (χ1n) is 37.8. The maximum absolute atomic E-state index is 12.9. The maximum Gasteiger partial charge on any atom is 1.00 e. The molecule has 3 aliphatic carbocycles. The molecule has 0 radical (unpaired) electrons. The summed E-state index contributed by atoms with van der Waals surface area (Å²) < 4.78 is 9.67. The van der Waals surface area contributed by atoms with Gasteiger partial charge in [0.1, 0.15) is 6.04 Å². The number of halogens is 6. The molecule has 3 saturated heterocycles. The largest absolute Gasteiger partial charge is 1.00 e. The number of hydrogen-bond donors (Lipinski definition) is 3. The van der Waals surface area contributed by atoms with Crippen LogP contribution in [0.3, 0.4) is 0 Å². The summed E-state index contributed by atoms with van der Waals surface area (Å²) >= 11 is 35.8. The molecule has 18 nitrogen and oxygen atoms in total. The van der Waals surface area contributed by atoms with E-state index in [4.69, 9.17) is 100 Å². The molecule has 0 bridgehead atoms. The molecule has 5 N–H and O–H groups in total. The Balaban J connectivity index is 0.000000223. The monoisotopic (exact) mass is 1740 g/mol. The van der Waals surface area contributed by atoms with E-state index in [1.54, 1.807) is 42.5 Å². The molecule has 6 aromatic carbocycles.